The molecule has 2 fully saturated rings. The van der Waals surface area contributed by atoms with E-state index in [0.29, 0.717) is 11.8 Å². The summed E-state index contributed by atoms with van der Waals surface area (Å²) in [7, 11) is 0. The van der Waals surface area contributed by atoms with Crippen molar-refractivity contribution in [1.82, 2.24) is 0 Å². The predicted molar refractivity (Wildman–Crippen MR) is 56.8 cm³/mol. The van der Waals surface area contributed by atoms with Crippen molar-refractivity contribution in [3.63, 3.8) is 0 Å². The Labute approximate surface area is 112 Å². The van der Waals surface area contributed by atoms with Gasteiger partial charge in [0.2, 0.25) is 0 Å². The lowest BCUT2D eigenvalue weighted by molar-refractivity contribution is -0.378. The maximum absolute atomic E-state index is 12.4. The Morgan fingerprint density at radius 1 is 0.950 bits per heavy atom. The normalized spacial score (nSPS) is 31.1. The Balaban J connectivity index is 1.90. The fraction of sp³-hybridized carbons (Fsp3) is 1.00. The molecule has 0 radical (unpaired) electrons. The second kappa shape index (κ2) is 5.05. The molecule has 0 aliphatic heterocycles. The molecular formula is C12H16F6O2. The van der Waals surface area contributed by atoms with Crippen molar-refractivity contribution >= 4 is 0 Å². The smallest absolute Gasteiger partial charge is 0.377 e. The lowest BCUT2D eigenvalue weighted by Crippen LogP contribution is -2.60. The van der Waals surface area contributed by atoms with Gasteiger partial charge >= 0.3 is 12.4 Å². The molecule has 3 atom stereocenters. The topological polar surface area (TPSA) is 29.5 Å². The SMILES string of the molecule is OC(COCC1CC2CCC1C2)(C(F)(F)F)C(F)(F)F. The molecule has 0 saturated heterocycles. The first-order valence-electron chi connectivity index (χ1n) is 6.48. The van der Waals surface area contributed by atoms with E-state index in [4.69, 9.17) is 5.11 Å². The number of halogens is 6. The molecule has 0 aromatic heterocycles. The van der Waals surface area contributed by atoms with Crippen LogP contribution in [0.3, 0.4) is 0 Å². The van der Waals surface area contributed by atoms with Gasteiger partial charge in [0.05, 0.1) is 6.61 Å². The summed E-state index contributed by atoms with van der Waals surface area (Å²) in [5, 5.41) is 8.92. The average molecular weight is 306 g/mol. The number of aliphatic hydroxyl groups is 1. The van der Waals surface area contributed by atoms with E-state index in [9.17, 15) is 26.3 Å². The number of hydrogen-bond donors (Lipinski definition) is 1. The molecule has 3 unspecified atom stereocenters. The zero-order valence-electron chi connectivity index (χ0n) is 10.6. The van der Waals surface area contributed by atoms with Crippen molar-refractivity contribution in [2.45, 2.75) is 43.6 Å². The molecule has 8 heteroatoms. The first-order chi connectivity index (χ1) is 9.04. The molecule has 2 saturated carbocycles. The van der Waals surface area contributed by atoms with Crippen molar-refractivity contribution in [1.29, 1.82) is 0 Å². The summed E-state index contributed by atoms with van der Waals surface area (Å²) >= 11 is 0. The lowest BCUT2D eigenvalue weighted by Gasteiger charge is -2.32. The minimum absolute atomic E-state index is 0.0134. The van der Waals surface area contributed by atoms with Crippen LogP contribution in [0.25, 0.3) is 0 Å². The third-order valence-corrected chi connectivity index (χ3v) is 4.47. The Bertz CT molecular complexity index is 337. The molecule has 2 bridgehead atoms. The summed E-state index contributed by atoms with van der Waals surface area (Å²) in [6.45, 7) is -1.95. The number of fused-ring (bicyclic) bond motifs is 2. The molecule has 20 heavy (non-hydrogen) atoms. The molecule has 1 N–H and O–H groups in total. The first-order valence-corrected chi connectivity index (χ1v) is 6.48. The van der Waals surface area contributed by atoms with E-state index in [1.165, 1.54) is 0 Å². The molecule has 118 valence electrons. The molecule has 0 aromatic carbocycles. The zero-order valence-corrected chi connectivity index (χ0v) is 10.6. The molecule has 0 spiro atoms. The van der Waals surface area contributed by atoms with Gasteiger partial charge in [-0.25, -0.2) is 0 Å². The van der Waals surface area contributed by atoms with E-state index in [-0.39, 0.29) is 12.5 Å². The third kappa shape index (κ3) is 2.77. The van der Waals surface area contributed by atoms with E-state index >= 15 is 0 Å². The number of alkyl halides is 6. The highest BCUT2D eigenvalue weighted by Crippen LogP contribution is 2.49. The number of hydrogen-bond acceptors (Lipinski definition) is 2. The third-order valence-electron chi connectivity index (χ3n) is 4.47. The molecule has 2 aliphatic carbocycles. The van der Waals surface area contributed by atoms with Gasteiger partial charge in [-0.15, -0.1) is 0 Å². The highest BCUT2D eigenvalue weighted by atomic mass is 19.4. The van der Waals surface area contributed by atoms with Crippen molar-refractivity contribution in [2.24, 2.45) is 17.8 Å². The van der Waals surface area contributed by atoms with E-state index in [2.05, 4.69) is 4.74 Å². The van der Waals surface area contributed by atoms with Gasteiger partial charge < -0.3 is 9.84 Å². The zero-order chi connectivity index (χ0) is 15.2. The standard InChI is InChI=1S/C12H16F6O2/c13-11(14,15)10(19,12(16,17)18)6-20-5-9-4-7-1-2-8(9)3-7/h7-9,19H,1-6H2. The van der Waals surface area contributed by atoms with Gasteiger partial charge in [0, 0.05) is 6.61 Å². The maximum atomic E-state index is 12.4. The summed E-state index contributed by atoms with van der Waals surface area (Å²) in [6.07, 6.45) is -7.80. The molecule has 2 rings (SSSR count). The van der Waals surface area contributed by atoms with Gasteiger partial charge in [0.1, 0.15) is 0 Å². The van der Waals surface area contributed by atoms with Crippen LogP contribution in [0.2, 0.25) is 0 Å². The van der Waals surface area contributed by atoms with Gasteiger partial charge in [-0.2, -0.15) is 26.3 Å². The van der Waals surface area contributed by atoms with Gasteiger partial charge in [-0.05, 0) is 37.0 Å². The lowest BCUT2D eigenvalue weighted by atomic mass is 9.89. The van der Waals surface area contributed by atoms with Crippen LogP contribution >= 0.6 is 0 Å². The maximum Gasteiger partial charge on any atom is 0.428 e. The Morgan fingerprint density at radius 2 is 1.55 bits per heavy atom. The number of rotatable bonds is 4. The van der Waals surface area contributed by atoms with Crippen LogP contribution < -0.4 is 0 Å². The predicted octanol–water partition coefficient (Wildman–Crippen LogP) is 3.29. The Kier molecular flexibility index (Phi) is 4.01. The second-order valence-corrected chi connectivity index (χ2v) is 5.81. The molecule has 0 amide bonds. The Morgan fingerprint density at radius 3 is 1.95 bits per heavy atom. The van der Waals surface area contributed by atoms with Crippen LogP contribution in [0.1, 0.15) is 25.7 Å². The van der Waals surface area contributed by atoms with Crippen molar-refractivity contribution in [3.05, 3.63) is 0 Å². The summed E-state index contributed by atoms with van der Waals surface area (Å²) in [6, 6.07) is 0. The highest BCUT2D eigenvalue weighted by Gasteiger charge is 2.70. The fourth-order valence-electron chi connectivity index (χ4n) is 3.26. The molecular weight excluding hydrogens is 290 g/mol. The summed E-state index contributed by atoms with van der Waals surface area (Å²) in [4.78, 5) is 0. The summed E-state index contributed by atoms with van der Waals surface area (Å²) < 4.78 is 79.0. The van der Waals surface area contributed by atoms with Crippen LogP contribution in [0.4, 0.5) is 26.3 Å². The molecule has 0 aromatic rings. The fourth-order valence-corrected chi connectivity index (χ4v) is 3.26. The van der Waals surface area contributed by atoms with Crippen molar-refractivity contribution < 1.29 is 36.2 Å². The first kappa shape index (κ1) is 15.9. The minimum atomic E-state index is -5.81. The van der Waals surface area contributed by atoms with E-state index in [1.54, 1.807) is 0 Å². The summed E-state index contributed by atoms with van der Waals surface area (Å²) in [5.74, 6) is 0.877. The molecule has 0 heterocycles. The monoisotopic (exact) mass is 306 g/mol. The van der Waals surface area contributed by atoms with Crippen molar-refractivity contribution in [2.75, 3.05) is 13.2 Å². The van der Waals surface area contributed by atoms with Gasteiger partial charge in [0.25, 0.3) is 5.60 Å². The average Bonchev–Trinajstić information content (AvgIpc) is 2.87. The largest absolute Gasteiger partial charge is 0.428 e. The Hall–Kier alpha value is -0.500. The van der Waals surface area contributed by atoms with Gasteiger partial charge in [-0.1, -0.05) is 6.42 Å². The second-order valence-electron chi connectivity index (χ2n) is 5.81. The minimum Gasteiger partial charge on any atom is -0.377 e. The quantitative estimate of drug-likeness (QED) is 0.808. The van der Waals surface area contributed by atoms with Crippen LogP contribution in [-0.4, -0.2) is 36.3 Å². The van der Waals surface area contributed by atoms with Crippen LogP contribution in [0.15, 0.2) is 0 Å². The van der Waals surface area contributed by atoms with Crippen LogP contribution in [0.5, 0.6) is 0 Å². The summed E-state index contributed by atoms with van der Waals surface area (Å²) in [5.41, 5.74) is -4.79. The van der Waals surface area contributed by atoms with E-state index in [0.717, 1.165) is 25.7 Å². The number of ether oxygens (including phenoxy) is 1. The van der Waals surface area contributed by atoms with Gasteiger partial charge in [-0.3, -0.25) is 0 Å². The van der Waals surface area contributed by atoms with E-state index < -0.39 is 24.6 Å². The van der Waals surface area contributed by atoms with Crippen molar-refractivity contribution in [3.8, 4) is 0 Å². The molecule has 2 aliphatic rings. The highest BCUT2D eigenvalue weighted by molar-refractivity contribution is 4.94. The van der Waals surface area contributed by atoms with Crippen LogP contribution in [-0.2, 0) is 4.74 Å². The van der Waals surface area contributed by atoms with Gasteiger partial charge in [0.15, 0.2) is 0 Å². The van der Waals surface area contributed by atoms with E-state index in [1.807, 2.05) is 0 Å². The van der Waals surface area contributed by atoms with Crippen LogP contribution in [0, 0.1) is 17.8 Å². The molecule has 2 nitrogen and oxygen atoms in total.